The van der Waals surface area contributed by atoms with Crippen LogP contribution in [-0.4, -0.2) is 33.1 Å². The molecule has 0 fully saturated rings. The number of benzene rings is 1. The molecule has 0 heterocycles. The first-order chi connectivity index (χ1) is 7.49. The van der Waals surface area contributed by atoms with Crippen LogP contribution in [0.4, 0.5) is 4.39 Å². The Labute approximate surface area is 96.8 Å². The lowest BCUT2D eigenvalue weighted by Gasteiger charge is -2.17. The lowest BCUT2D eigenvalue weighted by Crippen LogP contribution is -2.21. The van der Waals surface area contributed by atoms with Crippen LogP contribution in [-0.2, 0) is 0 Å². The van der Waals surface area contributed by atoms with Gasteiger partial charge in [0.1, 0.15) is 11.9 Å². The van der Waals surface area contributed by atoms with E-state index in [2.05, 4.69) is 12.6 Å². The second kappa shape index (κ2) is 5.29. The summed E-state index contributed by atoms with van der Waals surface area (Å²) in [6, 6.07) is 3.61. The molecular weight excluding hydrogens is 235 g/mol. The number of aliphatic hydroxyl groups excluding tert-OH is 2. The summed E-state index contributed by atoms with van der Waals surface area (Å²) in [4.78, 5) is 10.6. The number of halogens is 1. The van der Waals surface area contributed by atoms with Crippen LogP contribution in [0.5, 0.6) is 0 Å². The Morgan fingerprint density at radius 3 is 2.56 bits per heavy atom. The predicted octanol–water partition coefficient (Wildman–Crippen LogP) is 0.848. The zero-order chi connectivity index (χ0) is 12.3. The highest BCUT2D eigenvalue weighted by molar-refractivity contribution is 7.80. The zero-order valence-electron chi connectivity index (χ0n) is 8.17. The summed E-state index contributed by atoms with van der Waals surface area (Å²) in [5.74, 6) is -2.52. The molecule has 0 saturated carbocycles. The zero-order valence-corrected chi connectivity index (χ0v) is 9.06. The highest BCUT2D eigenvalue weighted by Crippen LogP contribution is 2.23. The van der Waals surface area contributed by atoms with Crippen molar-refractivity contribution in [3.05, 3.63) is 35.1 Å². The molecule has 1 aromatic rings. The van der Waals surface area contributed by atoms with Crippen LogP contribution >= 0.6 is 12.6 Å². The van der Waals surface area contributed by atoms with Crippen molar-refractivity contribution < 1.29 is 24.5 Å². The van der Waals surface area contributed by atoms with Crippen LogP contribution in [0.15, 0.2) is 18.2 Å². The topological polar surface area (TPSA) is 77.8 Å². The van der Waals surface area contributed by atoms with Crippen LogP contribution in [0.2, 0.25) is 0 Å². The summed E-state index contributed by atoms with van der Waals surface area (Å²) >= 11 is 3.76. The van der Waals surface area contributed by atoms with E-state index in [9.17, 15) is 19.4 Å². The van der Waals surface area contributed by atoms with Gasteiger partial charge in [-0.3, -0.25) is 0 Å². The number of hydrogen-bond acceptors (Lipinski definition) is 4. The van der Waals surface area contributed by atoms with Gasteiger partial charge in [-0.05, 0) is 6.07 Å². The van der Waals surface area contributed by atoms with E-state index >= 15 is 0 Å². The summed E-state index contributed by atoms with van der Waals surface area (Å²) in [5, 5.41) is 27.5. The summed E-state index contributed by atoms with van der Waals surface area (Å²) < 4.78 is 13.6. The van der Waals surface area contributed by atoms with Gasteiger partial charge in [-0.15, -0.1) is 0 Å². The fraction of sp³-hybridized carbons (Fsp3) is 0.300. The summed E-state index contributed by atoms with van der Waals surface area (Å²) in [7, 11) is 0. The lowest BCUT2D eigenvalue weighted by molar-refractivity contribution is 0.0312. The molecule has 0 radical (unpaired) electrons. The van der Waals surface area contributed by atoms with Gasteiger partial charge in [-0.1, -0.05) is 12.1 Å². The average Bonchev–Trinajstić information content (AvgIpc) is 2.27. The van der Waals surface area contributed by atoms with E-state index < -0.39 is 29.6 Å². The van der Waals surface area contributed by atoms with E-state index in [4.69, 9.17) is 5.11 Å². The Hall–Kier alpha value is -1.11. The quantitative estimate of drug-likeness (QED) is 0.594. The van der Waals surface area contributed by atoms with E-state index in [-0.39, 0.29) is 11.3 Å². The smallest absolute Gasteiger partial charge is 0.338 e. The molecular formula is C10H11FO4S. The normalized spacial score (nSPS) is 14.5. The lowest BCUT2D eigenvalue weighted by atomic mass is 10.0. The number of carboxylic acids is 1. The highest BCUT2D eigenvalue weighted by Gasteiger charge is 2.23. The maximum absolute atomic E-state index is 13.6. The van der Waals surface area contributed by atoms with E-state index in [1.54, 1.807) is 0 Å². The third kappa shape index (κ3) is 2.52. The molecule has 88 valence electrons. The van der Waals surface area contributed by atoms with Crippen molar-refractivity contribution in [3.8, 4) is 0 Å². The van der Waals surface area contributed by atoms with Gasteiger partial charge in [0.15, 0.2) is 0 Å². The number of hydrogen-bond donors (Lipinski definition) is 4. The van der Waals surface area contributed by atoms with Crippen LogP contribution < -0.4 is 0 Å². The first-order valence-electron chi connectivity index (χ1n) is 4.47. The maximum atomic E-state index is 13.6. The molecule has 0 amide bonds. The van der Waals surface area contributed by atoms with Crippen molar-refractivity contribution in [2.75, 3.05) is 5.75 Å². The number of aliphatic hydroxyl groups is 2. The first kappa shape index (κ1) is 13.0. The molecule has 0 bridgehead atoms. The standard InChI is InChI=1S/C10H11FO4S/c11-8-5(9(13)7(12)4-16)2-1-3-6(8)10(14)15/h1-3,7,9,12-13,16H,4H2,(H,14,15). The average molecular weight is 246 g/mol. The summed E-state index contributed by atoms with van der Waals surface area (Å²) in [6.07, 6.45) is -2.74. The minimum Gasteiger partial charge on any atom is -0.478 e. The Morgan fingerprint density at radius 2 is 2.06 bits per heavy atom. The van der Waals surface area contributed by atoms with Crippen molar-refractivity contribution in [2.45, 2.75) is 12.2 Å². The molecule has 2 atom stereocenters. The van der Waals surface area contributed by atoms with Crippen molar-refractivity contribution in [1.29, 1.82) is 0 Å². The Kier molecular flexibility index (Phi) is 4.28. The minimum absolute atomic E-state index is 0.0576. The van der Waals surface area contributed by atoms with Gasteiger partial charge in [-0.2, -0.15) is 12.6 Å². The van der Waals surface area contributed by atoms with Gasteiger partial charge in [0, 0.05) is 11.3 Å². The highest BCUT2D eigenvalue weighted by atomic mass is 32.1. The Balaban J connectivity index is 3.15. The van der Waals surface area contributed by atoms with Crippen LogP contribution in [0.25, 0.3) is 0 Å². The monoisotopic (exact) mass is 246 g/mol. The first-order valence-corrected chi connectivity index (χ1v) is 5.11. The van der Waals surface area contributed by atoms with Crippen molar-refractivity contribution in [2.24, 2.45) is 0 Å². The molecule has 0 aromatic heterocycles. The Morgan fingerprint density at radius 1 is 1.44 bits per heavy atom. The SMILES string of the molecule is O=C(O)c1cccc(C(O)C(O)CS)c1F. The molecule has 2 unspecified atom stereocenters. The number of carbonyl (C=O) groups is 1. The minimum atomic E-state index is -1.49. The third-order valence-electron chi connectivity index (χ3n) is 2.13. The largest absolute Gasteiger partial charge is 0.478 e. The van der Waals surface area contributed by atoms with Gasteiger partial charge in [-0.25, -0.2) is 9.18 Å². The second-order valence-electron chi connectivity index (χ2n) is 3.21. The van der Waals surface area contributed by atoms with Gasteiger partial charge in [0.2, 0.25) is 0 Å². The molecule has 16 heavy (non-hydrogen) atoms. The fourth-order valence-corrected chi connectivity index (χ4v) is 1.45. The van der Waals surface area contributed by atoms with Crippen molar-refractivity contribution in [3.63, 3.8) is 0 Å². The Bertz CT molecular complexity index is 396. The van der Waals surface area contributed by atoms with Gasteiger partial charge < -0.3 is 15.3 Å². The van der Waals surface area contributed by atoms with Crippen molar-refractivity contribution >= 4 is 18.6 Å². The maximum Gasteiger partial charge on any atom is 0.338 e. The number of rotatable bonds is 4. The molecule has 4 nitrogen and oxygen atoms in total. The van der Waals surface area contributed by atoms with E-state index in [0.717, 1.165) is 6.07 Å². The van der Waals surface area contributed by atoms with Gasteiger partial charge in [0.25, 0.3) is 0 Å². The molecule has 0 aliphatic heterocycles. The molecule has 1 aromatic carbocycles. The molecule has 1 rings (SSSR count). The summed E-state index contributed by atoms with van der Waals surface area (Å²) in [5.41, 5.74) is -0.788. The molecule has 0 saturated heterocycles. The fourth-order valence-electron chi connectivity index (χ4n) is 1.25. The summed E-state index contributed by atoms with van der Waals surface area (Å²) in [6.45, 7) is 0. The van der Waals surface area contributed by atoms with E-state index in [1.165, 1.54) is 12.1 Å². The van der Waals surface area contributed by atoms with Gasteiger partial charge in [0.05, 0.1) is 11.7 Å². The molecule has 0 aliphatic carbocycles. The number of thiol groups is 1. The molecule has 0 spiro atoms. The predicted molar refractivity (Wildman–Crippen MR) is 58.2 cm³/mol. The second-order valence-corrected chi connectivity index (χ2v) is 3.57. The van der Waals surface area contributed by atoms with E-state index in [0.29, 0.717) is 0 Å². The van der Waals surface area contributed by atoms with E-state index in [1.807, 2.05) is 0 Å². The van der Waals surface area contributed by atoms with Crippen LogP contribution in [0.1, 0.15) is 22.0 Å². The molecule has 3 N–H and O–H groups in total. The van der Waals surface area contributed by atoms with Crippen LogP contribution in [0, 0.1) is 5.82 Å². The van der Waals surface area contributed by atoms with Crippen LogP contribution in [0.3, 0.4) is 0 Å². The number of aromatic carboxylic acids is 1. The molecule has 6 heteroatoms. The van der Waals surface area contributed by atoms with Crippen molar-refractivity contribution in [1.82, 2.24) is 0 Å². The number of carboxylic acid groups (broad SMARTS) is 1. The third-order valence-corrected chi connectivity index (χ3v) is 2.50. The van der Waals surface area contributed by atoms with Gasteiger partial charge >= 0.3 is 5.97 Å². The molecule has 0 aliphatic rings.